The lowest BCUT2D eigenvalue weighted by molar-refractivity contribution is -0.189. The number of allylic oxidation sites excluding steroid dienone is 1. The Hall–Kier alpha value is -3.14. The average Bonchev–Trinajstić information content (AvgIpc) is 3.46. The molecule has 0 saturated carbocycles. The van der Waals surface area contributed by atoms with Crippen molar-refractivity contribution in [1.29, 1.82) is 0 Å². The number of aromatic amines is 1. The monoisotopic (exact) mass is 503 g/mol. The van der Waals surface area contributed by atoms with Crippen LogP contribution in [0.2, 0.25) is 0 Å². The van der Waals surface area contributed by atoms with E-state index < -0.39 is 51.5 Å². The summed E-state index contributed by atoms with van der Waals surface area (Å²) in [6.07, 6.45) is -4.35. The lowest BCUT2D eigenvalue weighted by Gasteiger charge is -2.35. The Bertz CT molecular complexity index is 1320. The molecule has 192 valence electrons. The van der Waals surface area contributed by atoms with Crippen molar-refractivity contribution in [3.05, 3.63) is 63.2 Å². The molecule has 1 N–H and O–H groups in total. The van der Waals surface area contributed by atoms with E-state index in [0.717, 1.165) is 16.0 Å². The van der Waals surface area contributed by atoms with E-state index in [1.54, 1.807) is 44.2 Å². The number of aryl methyl sites for hydroxylation is 1. The van der Waals surface area contributed by atoms with Gasteiger partial charge in [0, 0.05) is 30.0 Å². The van der Waals surface area contributed by atoms with Gasteiger partial charge in [0.2, 0.25) is 5.41 Å². The number of carbonyl (C=O) groups excluding carboxylic acids is 2. The van der Waals surface area contributed by atoms with Crippen LogP contribution in [0.3, 0.4) is 0 Å². The number of hydrogen-bond donors (Lipinski definition) is 1. The minimum Gasteiger partial charge on any atom is -0.376 e. The summed E-state index contributed by atoms with van der Waals surface area (Å²) < 4.78 is 52.6. The van der Waals surface area contributed by atoms with Gasteiger partial charge in [-0.1, -0.05) is 32.0 Å². The van der Waals surface area contributed by atoms with Crippen LogP contribution in [-0.4, -0.2) is 51.8 Å². The van der Waals surface area contributed by atoms with Crippen LogP contribution in [-0.2, 0) is 19.7 Å². The summed E-state index contributed by atoms with van der Waals surface area (Å²) in [5.41, 5.74) is -6.13. The number of ketones is 1. The molecule has 3 aliphatic rings. The van der Waals surface area contributed by atoms with Crippen molar-refractivity contribution in [3.8, 4) is 5.69 Å². The second-order valence-electron chi connectivity index (χ2n) is 10.6. The van der Waals surface area contributed by atoms with Crippen molar-refractivity contribution in [2.75, 3.05) is 13.2 Å². The van der Waals surface area contributed by atoms with Gasteiger partial charge in [-0.2, -0.15) is 13.2 Å². The third-order valence-electron chi connectivity index (χ3n) is 7.42. The molecule has 2 aromatic rings. The molecule has 1 aromatic carbocycles. The van der Waals surface area contributed by atoms with Crippen LogP contribution in [0.15, 0.2) is 46.4 Å². The largest absolute Gasteiger partial charge is 0.411 e. The van der Waals surface area contributed by atoms with Crippen LogP contribution in [0.1, 0.15) is 50.8 Å². The first kappa shape index (κ1) is 24.5. The number of aromatic nitrogens is 2. The third-order valence-corrected chi connectivity index (χ3v) is 7.42. The van der Waals surface area contributed by atoms with Gasteiger partial charge in [0.25, 0.3) is 11.5 Å². The number of ether oxygens (including phenoxy) is 1. The highest BCUT2D eigenvalue weighted by Crippen LogP contribution is 2.57. The molecule has 0 bridgehead atoms. The standard InChI is InChI=1S/C26H28F3N3O4/c1-15-20(22(34)32(30-15)16-8-5-4-6-9-16)25(26(27,28)29)21-18(12-24(2,3)13-19(21)33)31(23(25)35)14-17-10-7-11-36-17/h4-6,8-9,17,30H,7,10-14H2,1-3H3/t17-,25+/m1/s1. The average molecular weight is 504 g/mol. The molecule has 0 spiro atoms. The Morgan fingerprint density at radius 3 is 2.42 bits per heavy atom. The van der Waals surface area contributed by atoms with Gasteiger partial charge in [0.1, 0.15) is 0 Å². The molecular weight excluding hydrogens is 475 g/mol. The quantitative estimate of drug-likeness (QED) is 0.685. The first-order valence-electron chi connectivity index (χ1n) is 12.0. The first-order valence-corrected chi connectivity index (χ1v) is 12.0. The van der Waals surface area contributed by atoms with Gasteiger partial charge in [0.15, 0.2) is 5.78 Å². The van der Waals surface area contributed by atoms with E-state index in [-0.39, 0.29) is 30.8 Å². The molecule has 0 unspecified atom stereocenters. The highest BCUT2D eigenvalue weighted by atomic mass is 19.4. The molecule has 1 saturated heterocycles. The number of H-pyrrole nitrogens is 1. The second-order valence-corrected chi connectivity index (χ2v) is 10.6. The van der Waals surface area contributed by atoms with Crippen molar-refractivity contribution in [3.63, 3.8) is 0 Å². The molecule has 1 aromatic heterocycles. The Morgan fingerprint density at radius 1 is 1.11 bits per heavy atom. The molecule has 1 aliphatic carbocycles. The predicted octanol–water partition coefficient (Wildman–Crippen LogP) is 3.94. The molecule has 0 radical (unpaired) electrons. The van der Waals surface area contributed by atoms with Crippen molar-refractivity contribution in [1.82, 2.24) is 14.7 Å². The molecule has 5 rings (SSSR count). The SMILES string of the molecule is Cc1[nH]n(-c2ccccc2)c(=O)c1[C@@]1(C(F)(F)F)C(=O)N(C[C@H]2CCCO2)C2=C1C(=O)CC(C)(C)C2. The van der Waals surface area contributed by atoms with Gasteiger partial charge in [-0.05, 0) is 43.7 Å². The molecule has 36 heavy (non-hydrogen) atoms. The van der Waals surface area contributed by atoms with Crippen molar-refractivity contribution in [2.24, 2.45) is 5.41 Å². The van der Waals surface area contributed by atoms with Crippen LogP contribution < -0.4 is 5.56 Å². The fourth-order valence-corrected chi connectivity index (χ4v) is 5.94. The van der Waals surface area contributed by atoms with Crippen molar-refractivity contribution < 1.29 is 27.5 Å². The number of alkyl halides is 3. The maximum atomic E-state index is 15.3. The number of carbonyl (C=O) groups is 2. The van der Waals surface area contributed by atoms with Crippen molar-refractivity contribution >= 4 is 11.7 Å². The van der Waals surface area contributed by atoms with Gasteiger partial charge in [0.05, 0.1) is 23.9 Å². The number of nitrogens with one attached hydrogen (secondary N) is 1. The smallest absolute Gasteiger partial charge is 0.376 e. The van der Waals surface area contributed by atoms with E-state index in [4.69, 9.17) is 4.74 Å². The summed E-state index contributed by atoms with van der Waals surface area (Å²) in [5.74, 6) is -2.06. The topological polar surface area (TPSA) is 84.4 Å². The highest BCUT2D eigenvalue weighted by molar-refractivity contribution is 6.13. The van der Waals surface area contributed by atoms with Crippen LogP contribution >= 0.6 is 0 Å². The summed E-state index contributed by atoms with van der Waals surface area (Å²) in [5, 5.41) is 2.71. The normalized spacial score (nSPS) is 26.2. The van der Waals surface area contributed by atoms with Crippen molar-refractivity contribution in [2.45, 2.75) is 64.1 Å². The number of nitrogens with zero attached hydrogens (tertiary/aromatic N) is 2. The third kappa shape index (κ3) is 3.48. The Balaban J connectivity index is 1.79. The van der Waals surface area contributed by atoms with Gasteiger partial charge >= 0.3 is 6.18 Å². The zero-order valence-corrected chi connectivity index (χ0v) is 20.4. The molecule has 7 nitrogen and oxygen atoms in total. The van der Waals surface area contributed by atoms with E-state index in [2.05, 4.69) is 5.10 Å². The fraction of sp³-hybridized carbons (Fsp3) is 0.500. The van der Waals surface area contributed by atoms with E-state index in [9.17, 15) is 14.4 Å². The minimum absolute atomic E-state index is 0.0559. The Kier molecular flexibility index (Phi) is 5.59. The maximum Gasteiger partial charge on any atom is 0.411 e. The summed E-state index contributed by atoms with van der Waals surface area (Å²) in [7, 11) is 0. The van der Waals surface area contributed by atoms with Crippen LogP contribution in [0.5, 0.6) is 0 Å². The van der Waals surface area contributed by atoms with Crippen LogP contribution in [0, 0.1) is 12.3 Å². The number of benzene rings is 1. The first-order chi connectivity index (χ1) is 16.9. The molecule has 1 amide bonds. The number of Topliss-reactive ketones (excluding diaryl/α,β-unsaturated/α-hetero) is 1. The number of halogens is 3. The second kappa shape index (κ2) is 8.19. The summed E-state index contributed by atoms with van der Waals surface area (Å²) in [6, 6.07) is 8.15. The van der Waals surface area contributed by atoms with Gasteiger partial charge < -0.3 is 9.64 Å². The summed E-state index contributed by atoms with van der Waals surface area (Å²) in [4.78, 5) is 42.2. The maximum absolute atomic E-state index is 15.3. The number of para-hydroxylation sites is 1. The zero-order valence-electron chi connectivity index (χ0n) is 20.4. The summed E-state index contributed by atoms with van der Waals surface area (Å²) in [6.45, 7) is 5.29. The van der Waals surface area contributed by atoms with Crippen LogP contribution in [0.4, 0.5) is 13.2 Å². The molecule has 1 fully saturated rings. The molecular formula is C26H28F3N3O4. The van der Waals surface area contributed by atoms with Gasteiger partial charge in [-0.25, -0.2) is 4.68 Å². The van der Waals surface area contributed by atoms with E-state index in [1.165, 1.54) is 6.92 Å². The predicted molar refractivity (Wildman–Crippen MR) is 125 cm³/mol. The fourth-order valence-electron chi connectivity index (χ4n) is 5.94. The van der Waals surface area contributed by atoms with E-state index >= 15 is 13.2 Å². The molecule has 2 aliphatic heterocycles. The van der Waals surface area contributed by atoms with Gasteiger partial charge in [-0.15, -0.1) is 0 Å². The van der Waals surface area contributed by atoms with E-state index in [1.807, 2.05) is 0 Å². The zero-order chi connectivity index (χ0) is 26.0. The summed E-state index contributed by atoms with van der Waals surface area (Å²) >= 11 is 0. The van der Waals surface area contributed by atoms with Gasteiger partial charge in [-0.3, -0.25) is 19.5 Å². The highest BCUT2D eigenvalue weighted by Gasteiger charge is 2.73. The lowest BCUT2D eigenvalue weighted by atomic mass is 9.66. The molecule has 2 atom stereocenters. The number of amides is 1. The minimum atomic E-state index is -5.23. The Labute approximate surface area is 205 Å². The molecule has 10 heteroatoms. The molecule has 3 heterocycles. The number of rotatable bonds is 4. The number of hydrogen-bond acceptors (Lipinski definition) is 4. The van der Waals surface area contributed by atoms with Crippen LogP contribution in [0.25, 0.3) is 5.69 Å². The Morgan fingerprint density at radius 2 is 1.81 bits per heavy atom. The lowest BCUT2D eigenvalue weighted by Crippen LogP contribution is -2.55. The van der Waals surface area contributed by atoms with E-state index in [0.29, 0.717) is 18.7 Å².